The van der Waals surface area contributed by atoms with Crippen molar-refractivity contribution in [2.24, 2.45) is 5.92 Å². The molecule has 0 aromatic heterocycles. The molecule has 1 aromatic rings. The number of rotatable bonds is 6. The van der Waals surface area contributed by atoms with E-state index in [4.69, 9.17) is 9.47 Å². The summed E-state index contributed by atoms with van der Waals surface area (Å²) in [5.41, 5.74) is -0.956. The Balaban J connectivity index is 1.51. The van der Waals surface area contributed by atoms with Crippen LogP contribution in [0.3, 0.4) is 0 Å². The van der Waals surface area contributed by atoms with Crippen molar-refractivity contribution < 1.29 is 27.0 Å². The third kappa shape index (κ3) is 5.72. The molecular weight excluding hydrogens is 384 g/mol. The number of halogens is 4. The summed E-state index contributed by atoms with van der Waals surface area (Å²) in [5.74, 6) is -0.754. The molecule has 2 fully saturated rings. The van der Waals surface area contributed by atoms with Gasteiger partial charge in [-0.2, -0.15) is 13.2 Å². The quantitative estimate of drug-likeness (QED) is 0.475. The van der Waals surface area contributed by atoms with Gasteiger partial charge in [-0.3, -0.25) is 0 Å². The molecule has 1 saturated carbocycles. The Morgan fingerprint density at radius 1 is 1.07 bits per heavy atom. The highest BCUT2D eigenvalue weighted by molar-refractivity contribution is 5.38. The van der Waals surface area contributed by atoms with Gasteiger partial charge in [-0.1, -0.05) is 25.5 Å². The first-order chi connectivity index (χ1) is 13.8. The smallest absolute Gasteiger partial charge is 0.376 e. The summed E-state index contributed by atoms with van der Waals surface area (Å²) >= 11 is 0. The van der Waals surface area contributed by atoms with Gasteiger partial charge < -0.3 is 9.47 Å². The van der Waals surface area contributed by atoms with E-state index in [9.17, 15) is 17.6 Å². The van der Waals surface area contributed by atoms with Gasteiger partial charge in [-0.15, -0.1) is 0 Å². The zero-order valence-electron chi connectivity index (χ0n) is 17.4. The highest BCUT2D eigenvalue weighted by Crippen LogP contribution is 2.43. The fraction of sp³-hybridized carbons (Fsp3) is 0.739. The van der Waals surface area contributed by atoms with E-state index in [0.29, 0.717) is 38.2 Å². The minimum absolute atomic E-state index is 0.0340. The molecule has 2 nitrogen and oxygen atoms in total. The monoisotopic (exact) mass is 416 g/mol. The Labute approximate surface area is 171 Å². The van der Waals surface area contributed by atoms with Crippen LogP contribution in [0, 0.1) is 18.7 Å². The normalized spacial score (nSPS) is 28.5. The summed E-state index contributed by atoms with van der Waals surface area (Å²) in [5, 5.41) is 0. The average Bonchev–Trinajstić information content (AvgIpc) is 2.69. The van der Waals surface area contributed by atoms with Gasteiger partial charge in [0.05, 0.1) is 24.4 Å². The van der Waals surface area contributed by atoms with E-state index in [0.717, 1.165) is 13.0 Å². The molecule has 1 aliphatic carbocycles. The summed E-state index contributed by atoms with van der Waals surface area (Å²) in [6.07, 6.45) is 2.64. The number of alkyl halides is 3. The van der Waals surface area contributed by atoms with E-state index in [1.165, 1.54) is 38.3 Å². The number of hydrogen-bond acceptors (Lipinski definition) is 2. The lowest BCUT2D eigenvalue weighted by Gasteiger charge is -2.33. The van der Waals surface area contributed by atoms with Gasteiger partial charge >= 0.3 is 6.18 Å². The van der Waals surface area contributed by atoms with E-state index < -0.39 is 17.6 Å². The Morgan fingerprint density at radius 3 is 2.38 bits per heavy atom. The summed E-state index contributed by atoms with van der Waals surface area (Å²) in [4.78, 5) is 0. The van der Waals surface area contributed by atoms with Crippen LogP contribution in [0.4, 0.5) is 17.6 Å². The fourth-order valence-electron chi connectivity index (χ4n) is 4.74. The predicted octanol–water partition coefficient (Wildman–Crippen LogP) is 6.79. The average molecular weight is 416 g/mol. The second-order valence-electron chi connectivity index (χ2n) is 8.65. The van der Waals surface area contributed by atoms with E-state index in [1.54, 1.807) is 0 Å². The van der Waals surface area contributed by atoms with Gasteiger partial charge in [0, 0.05) is 6.61 Å². The summed E-state index contributed by atoms with van der Waals surface area (Å²) in [6.45, 7) is 4.92. The molecule has 2 atom stereocenters. The SMILES string of the molecule is CCCC1CCC(COC2CCC(c3ccc(C)c(F)c3C(F)(F)F)CC2)OC1. The lowest BCUT2D eigenvalue weighted by atomic mass is 9.80. The molecule has 2 aliphatic rings. The number of aryl methyl sites for hydroxylation is 1. The molecule has 2 unspecified atom stereocenters. The Hall–Kier alpha value is -1.14. The second-order valence-corrected chi connectivity index (χ2v) is 8.65. The van der Waals surface area contributed by atoms with Crippen molar-refractivity contribution in [2.45, 2.75) is 89.5 Å². The van der Waals surface area contributed by atoms with Gasteiger partial charge in [0.25, 0.3) is 0 Å². The molecule has 0 spiro atoms. The zero-order valence-corrected chi connectivity index (χ0v) is 17.4. The third-order valence-electron chi connectivity index (χ3n) is 6.44. The molecule has 0 radical (unpaired) electrons. The summed E-state index contributed by atoms with van der Waals surface area (Å²) in [6, 6.07) is 2.91. The number of ether oxygens (including phenoxy) is 2. The van der Waals surface area contributed by atoms with Crippen LogP contribution in [0.2, 0.25) is 0 Å². The van der Waals surface area contributed by atoms with Crippen molar-refractivity contribution in [3.63, 3.8) is 0 Å². The van der Waals surface area contributed by atoms with E-state index in [2.05, 4.69) is 6.92 Å². The third-order valence-corrected chi connectivity index (χ3v) is 6.44. The molecule has 1 saturated heterocycles. The molecule has 1 aliphatic heterocycles. The van der Waals surface area contributed by atoms with Crippen molar-refractivity contribution in [1.29, 1.82) is 0 Å². The van der Waals surface area contributed by atoms with Crippen molar-refractivity contribution >= 4 is 0 Å². The molecular formula is C23H32F4O2. The van der Waals surface area contributed by atoms with Gasteiger partial charge in [-0.25, -0.2) is 4.39 Å². The molecule has 0 amide bonds. The van der Waals surface area contributed by atoms with Crippen LogP contribution in [0.1, 0.15) is 80.9 Å². The molecule has 6 heteroatoms. The maximum Gasteiger partial charge on any atom is 0.419 e. The lowest BCUT2D eigenvalue weighted by Crippen LogP contribution is -2.32. The summed E-state index contributed by atoms with van der Waals surface area (Å²) < 4.78 is 66.5. The molecule has 29 heavy (non-hydrogen) atoms. The van der Waals surface area contributed by atoms with Crippen LogP contribution >= 0.6 is 0 Å². The minimum atomic E-state index is -4.67. The minimum Gasteiger partial charge on any atom is -0.376 e. The standard InChI is InChI=1S/C23H32F4O2/c1-3-4-16-6-9-19(28-13-16)14-29-18-10-7-17(8-11-18)20-12-5-15(2)22(24)21(20)23(25,26)27/h5,12,16-19H,3-4,6-11,13-14H2,1-2H3. The van der Waals surface area contributed by atoms with Crippen LogP contribution < -0.4 is 0 Å². The first-order valence-corrected chi connectivity index (χ1v) is 10.9. The molecule has 0 N–H and O–H groups in total. The highest BCUT2D eigenvalue weighted by Gasteiger charge is 2.40. The van der Waals surface area contributed by atoms with Gasteiger partial charge in [-0.05, 0) is 74.8 Å². The van der Waals surface area contributed by atoms with E-state index >= 15 is 0 Å². The fourth-order valence-corrected chi connectivity index (χ4v) is 4.74. The number of benzene rings is 1. The Morgan fingerprint density at radius 2 is 1.79 bits per heavy atom. The van der Waals surface area contributed by atoms with Crippen molar-refractivity contribution in [3.05, 3.63) is 34.6 Å². The maximum absolute atomic E-state index is 14.2. The van der Waals surface area contributed by atoms with E-state index in [1.807, 2.05) is 0 Å². The second kappa shape index (κ2) is 9.78. The van der Waals surface area contributed by atoms with E-state index in [-0.39, 0.29) is 29.3 Å². The lowest BCUT2D eigenvalue weighted by molar-refractivity contribution is -0.141. The maximum atomic E-state index is 14.2. The van der Waals surface area contributed by atoms with Gasteiger partial charge in [0.1, 0.15) is 5.82 Å². The van der Waals surface area contributed by atoms with Gasteiger partial charge in [0.15, 0.2) is 0 Å². The van der Waals surface area contributed by atoms with Crippen LogP contribution in [-0.4, -0.2) is 25.4 Å². The van der Waals surface area contributed by atoms with Crippen LogP contribution in [0.5, 0.6) is 0 Å². The molecule has 0 bridgehead atoms. The highest BCUT2D eigenvalue weighted by atomic mass is 19.4. The van der Waals surface area contributed by atoms with Crippen molar-refractivity contribution in [2.75, 3.05) is 13.2 Å². The number of hydrogen-bond donors (Lipinski definition) is 0. The summed E-state index contributed by atoms with van der Waals surface area (Å²) in [7, 11) is 0. The first-order valence-electron chi connectivity index (χ1n) is 10.9. The zero-order chi connectivity index (χ0) is 21.0. The molecule has 164 valence electrons. The molecule has 1 heterocycles. The van der Waals surface area contributed by atoms with Crippen LogP contribution in [0.25, 0.3) is 0 Å². The first kappa shape index (κ1) is 22.5. The predicted molar refractivity (Wildman–Crippen MR) is 104 cm³/mol. The van der Waals surface area contributed by atoms with Crippen LogP contribution in [-0.2, 0) is 15.7 Å². The van der Waals surface area contributed by atoms with Crippen molar-refractivity contribution in [1.82, 2.24) is 0 Å². The van der Waals surface area contributed by atoms with Crippen molar-refractivity contribution in [3.8, 4) is 0 Å². The van der Waals surface area contributed by atoms with Crippen LogP contribution in [0.15, 0.2) is 12.1 Å². The van der Waals surface area contributed by atoms with Gasteiger partial charge in [0.2, 0.25) is 0 Å². The Bertz CT molecular complexity index is 658. The Kier molecular flexibility index (Phi) is 7.60. The molecule has 1 aromatic carbocycles. The topological polar surface area (TPSA) is 18.5 Å². The largest absolute Gasteiger partial charge is 0.419 e. The molecule has 3 rings (SSSR count).